The van der Waals surface area contributed by atoms with Gasteiger partial charge >= 0.3 is 0 Å². The summed E-state index contributed by atoms with van der Waals surface area (Å²) in [6.07, 6.45) is 2.31. The van der Waals surface area contributed by atoms with E-state index < -0.39 is 0 Å². The van der Waals surface area contributed by atoms with Crippen molar-refractivity contribution in [1.29, 1.82) is 0 Å². The maximum Gasteiger partial charge on any atom is 0.163 e. The van der Waals surface area contributed by atoms with Gasteiger partial charge in [0, 0.05) is 52.8 Å². The predicted octanol–water partition coefficient (Wildman–Crippen LogP) is 7.43. The Kier molecular flexibility index (Phi) is 6.03. The molecule has 182 valence electrons. The second-order valence-electron chi connectivity index (χ2n) is 11.5. The van der Waals surface area contributed by atoms with Crippen LogP contribution in [0.3, 0.4) is 0 Å². The fourth-order valence-electron chi connectivity index (χ4n) is 5.54. The first-order chi connectivity index (χ1) is 16.5. The average molecular weight is 535 g/mol. The van der Waals surface area contributed by atoms with Crippen molar-refractivity contribution < 1.29 is 19.1 Å². The lowest BCUT2D eigenvalue weighted by molar-refractivity contribution is -0.120. The standard InChI is InChI=1S/C30H31BrO4/c1-29(2)13-22(32)27-24(15-29)35-25-16-30(3,4)14-23(33)28(25)26(27)18-9-11-20(12-10-18)34-17-19-7-5-6-8-21(19)31/h5-12,26H,13-17H2,1-4H3. The van der Waals surface area contributed by atoms with E-state index in [0.717, 1.165) is 32.9 Å². The van der Waals surface area contributed by atoms with Gasteiger partial charge < -0.3 is 9.47 Å². The summed E-state index contributed by atoms with van der Waals surface area (Å²) >= 11 is 3.56. The molecule has 0 radical (unpaired) electrons. The molecular weight excluding hydrogens is 504 g/mol. The molecule has 0 aromatic heterocycles. The van der Waals surface area contributed by atoms with Gasteiger partial charge in [-0.25, -0.2) is 0 Å². The molecule has 0 saturated heterocycles. The molecule has 0 atom stereocenters. The lowest BCUT2D eigenvalue weighted by Crippen LogP contribution is -2.37. The Morgan fingerprint density at radius 1 is 0.829 bits per heavy atom. The third-order valence-corrected chi connectivity index (χ3v) is 7.92. The van der Waals surface area contributed by atoms with Crippen LogP contribution in [0.2, 0.25) is 0 Å². The molecule has 2 aliphatic carbocycles. The van der Waals surface area contributed by atoms with Gasteiger partial charge in [0.15, 0.2) is 11.6 Å². The summed E-state index contributed by atoms with van der Waals surface area (Å²) in [5.74, 6) is 2.02. The Labute approximate surface area is 215 Å². The predicted molar refractivity (Wildman–Crippen MR) is 139 cm³/mol. The number of rotatable bonds is 4. The van der Waals surface area contributed by atoms with Crippen LogP contribution < -0.4 is 4.74 Å². The molecule has 1 aliphatic heterocycles. The number of carbonyl (C=O) groups is 2. The zero-order valence-corrected chi connectivity index (χ0v) is 22.3. The number of carbonyl (C=O) groups excluding carboxylic acids is 2. The van der Waals surface area contributed by atoms with Crippen LogP contribution in [0.4, 0.5) is 0 Å². The van der Waals surface area contributed by atoms with Gasteiger partial charge in [-0.2, -0.15) is 0 Å². The summed E-state index contributed by atoms with van der Waals surface area (Å²) in [5, 5.41) is 0. The van der Waals surface area contributed by atoms with Gasteiger partial charge in [-0.15, -0.1) is 0 Å². The minimum absolute atomic E-state index is 0.0830. The van der Waals surface area contributed by atoms with Crippen LogP contribution in [0.5, 0.6) is 5.75 Å². The van der Waals surface area contributed by atoms with Crippen molar-refractivity contribution in [3.8, 4) is 5.75 Å². The van der Waals surface area contributed by atoms with E-state index in [-0.39, 0.29) is 28.3 Å². The van der Waals surface area contributed by atoms with E-state index in [1.54, 1.807) is 0 Å². The van der Waals surface area contributed by atoms with Crippen molar-refractivity contribution in [2.45, 2.75) is 65.9 Å². The van der Waals surface area contributed by atoms with Gasteiger partial charge in [0.25, 0.3) is 0 Å². The summed E-state index contributed by atoms with van der Waals surface area (Å²) in [6, 6.07) is 15.8. The zero-order chi connectivity index (χ0) is 25.0. The Balaban J connectivity index is 1.50. The Morgan fingerprint density at radius 2 is 1.37 bits per heavy atom. The quantitative estimate of drug-likeness (QED) is 0.409. The highest BCUT2D eigenvalue weighted by Gasteiger charge is 2.47. The molecule has 3 aliphatic rings. The molecule has 4 nitrogen and oxygen atoms in total. The van der Waals surface area contributed by atoms with Crippen LogP contribution in [-0.2, 0) is 20.9 Å². The first-order valence-corrected chi connectivity index (χ1v) is 13.0. The van der Waals surface area contributed by atoms with Crippen LogP contribution >= 0.6 is 15.9 Å². The van der Waals surface area contributed by atoms with Gasteiger partial charge in [-0.1, -0.05) is 74.0 Å². The summed E-state index contributed by atoms with van der Waals surface area (Å²) < 4.78 is 13.4. The van der Waals surface area contributed by atoms with E-state index in [0.29, 0.717) is 43.4 Å². The minimum Gasteiger partial charge on any atom is -0.489 e. The maximum atomic E-state index is 13.4. The molecule has 5 heteroatoms. The number of hydrogen-bond acceptors (Lipinski definition) is 4. The highest BCUT2D eigenvalue weighted by Crippen LogP contribution is 2.53. The van der Waals surface area contributed by atoms with Crippen molar-refractivity contribution >= 4 is 27.5 Å². The van der Waals surface area contributed by atoms with E-state index in [2.05, 4.69) is 43.6 Å². The summed E-state index contributed by atoms with van der Waals surface area (Å²) in [4.78, 5) is 26.8. The van der Waals surface area contributed by atoms with Crippen molar-refractivity contribution in [3.05, 3.63) is 86.8 Å². The Hall–Kier alpha value is -2.66. The van der Waals surface area contributed by atoms with Crippen molar-refractivity contribution in [3.63, 3.8) is 0 Å². The SMILES string of the molecule is CC1(C)CC(=O)C2=C(C1)OC1=C(C(=O)CC(C)(C)C1)C2c1ccc(OCc2ccccc2Br)cc1. The number of Topliss-reactive ketones (excluding diaryl/α,β-unsaturated/α-hetero) is 2. The molecule has 0 N–H and O–H groups in total. The molecule has 0 bridgehead atoms. The second-order valence-corrected chi connectivity index (χ2v) is 12.4. The van der Waals surface area contributed by atoms with Gasteiger partial charge in [0.1, 0.15) is 23.9 Å². The molecule has 0 fully saturated rings. The fraction of sp³-hybridized carbons (Fsp3) is 0.400. The van der Waals surface area contributed by atoms with Crippen LogP contribution in [0, 0.1) is 10.8 Å². The highest BCUT2D eigenvalue weighted by molar-refractivity contribution is 9.10. The monoisotopic (exact) mass is 534 g/mol. The normalized spacial score (nSPS) is 21.4. The smallest absolute Gasteiger partial charge is 0.163 e. The first-order valence-electron chi connectivity index (χ1n) is 12.2. The van der Waals surface area contributed by atoms with Crippen molar-refractivity contribution in [2.75, 3.05) is 0 Å². The zero-order valence-electron chi connectivity index (χ0n) is 20.7. The van der Waals surface area contributed by atoms with E-state index in [4.69, 9.17) is 9.47 Å². The van der Waals surface area contributed by atoms with Gasteiger partial charge in [0.05, 0.1) is 0 Å². The molecule has 2 aromatic rings. The first kappa shape index (κ1) is 24.1. The number of benzene rings is 2. The Morgan fingerprint density at radius 3 is 1.91 bits per heavy atom. The summed E-state index contributed by atoms with van der Waals surface area (Å²) in [7, 11) is 0. The molecule has 0 saturated carbocycles. The van der Waals surface area contributed by atoms with E-state index in [1.165, 1.54) is 0 Å². The van der Waals surface area contributed by atoms with Crippen molar-refractivity contribution in [1.82, 2.24) is 0 Å². The van der Waals surface area contributed by atoms with Crippen LogP contribution in [0.1, 0.15) is 70.4 Å². The number of hydrogen-bond donors (Lipinski definition) is 0. The summed E-state index contributed by atoms with van der Waals surface area (Å²) in [5.41, 5.74) is 3.02. The Bertz CT molecular complexity index is 1210. The highest BCUT2D eigenvalue weighted by atomic mass is 79.9. The van der Waals surface area contributed by atoms with Crippen LogP contribution in [-0.4, -0.2) is 11.6 Å². The van der Waals surface area contributed by atoms with E-state index in [1.807, 2.05) is 48.5 Å². The molecule has 0 spiro atoms. The maximum absolute atomic E-state index is 13.4. The van der Waals surface area contributed by atoms with Gasteiger partial charge in [0.2, 0.25) is 0 Å². The lowest BCUT2D eigenvalue weighted by atomic mass is 9.65. The van der Waals surface area contributed by atoms with E-state index in [9.17, 15) is 9.59 Å². The molecular formula is C30H31BrO4. The number of ether oxygens (including phenoxy) is 2. The molecule has 1 heterocycles. The molecule has 5 rings (SSSR count). The average Bonchev–Trinajstić information content (AvgIpc) is 2.76. The van der Waals surface area contributed by atoms with E-state index >= 15 is 0 Å². The number of allylic oxidation sites excluding steroid dienone is 4. The van der Waals surface area contributed by atoms with Crippen LogP contribution in [0.15, 0.2) is 75.7 Å². The number of ketones is 2. The largest absolute Gasteiger partial charge is 0.489 e. The molecule has 0 unspecified atom stereocenters. The third-order valence-electron chi connectivity index (χ3n) is 7.15. The topological polar surface area (TPSA) is 52.6 Å². The van der Waals surface area contributed by atoms with Gasteiger partial charge in [-0.05, 0) is 34.6 Å². The second kappa shape index (κ2) is 8.77. The summed E-state index contributed by atoms with van der Waals surface area (Å²) in [6.45, 7) is 8.85. The van der Waals surface area contributed by atoms with Crippen LogP contribution in [0.25, 0.3) is 0 Å². The molecule has 2 aromatic carbocycles. The van der Waals surface area contributed by atoms with Crippen molar-refractivity contribution in [2.24, 2.45) is 10.8 Å². The third kappa shape index (κ3) is 4.75. The van der Waals surface area contributed by atoms with Gasteiger partial charge in [-0.3, -0.25) is 9.59 Å². The molecule has 35 heavy (non-hydrogen) atoms. The minimum atomic E-state index is -0.377. The fourth-order valence-corrected chi connectivity index (χ4v) is 5.94. The lowest BCUT2D eigenvalue weighted by Gasteiger charge is -2.42. The number of halogens is 1. The molecule has 0 amide bonds.